The Bertz CT molecular complexity index is 408. The first-order valence-corrected chi connectivity index (χ1v) is 6.07. The lowest BCUT2D eigenvalue weighted by Crippen LogP contribution is -2.33. The van der Waals surface area contributed by atoms with Crippen LogP contribution in [0.15, 0.2) is 35.5 Å². The normalized spacial score (nSPS) is 22.4. The van der Waals surface area contributed by atoms with Gasteiger partial charge < -0.3 is 10.1 Å². The van der Waals surface area contributed by atoms with Crippen molar-refractivity contribution >= 4 is 6.09 Å². The molecule has 0 saturated heterocycles. The number of ether oxygens (including phenoxy) is 1. The SMILES string of the molecule is O=N[C@@H]1CC[C@H](NC(=O)OCc2ccccc2)C1. The molecule has 0 spiro atoms. The molecule has 18 heavy (non-hydrogen) atoms. The number of carbonyl (C=O) groups is 1. The van der Waals surface area contributed by atoms with Crippen molar-refractivity contribution < 1.29 is 9.53 Å². The van der Waals surface area contributed by atoms with Crippen LogP contribution in [0.4, 0.5) is 4.79 Å². The molecule has 5 nitrogen and oxygen atoms in total. The average molecular weight is 248 g/mol. The second-order valence-electron chi connectivity index (χ2n) is 4.48. The molecule has 1 fully saturated rings. The lowest BCUT2D eigenvalue weighted by molar-refractivity contribution is 0.136. The van der Waals surface area contributed by atoms with Gasteiger partial charge in [0.2, 0.25) is 0 Å². The van der Waals surface area contributed by atoms with E-state index in [-0.39, 0.29) is 18.7 Å². The molecule has 0 radical (unpaired) electrons. The topological polar surface area (TPSA) is 67.8 Å². The number of hydrogen-bond donors (Lipinski definition) is 1. The highest BCUT2D eigenvalue weighted by molar-refractivity contribution is 5.67. The van der Waals surface area contributed by atoms with Crippen LogP contribution in [0, 0.1) is 4.91 Å². The number of nitrogens with zero attached hydrogens (tertiary/aromatic N) is 1. The van der Waals surface area contributed by atoms with Gasteiger partial charge in [-0.3, -0.25) is 0 Å². The second kappa shape index (κ2) is 6.14. The molecule has 0 aliphatic heterocycles. The Balaban J connectivity index is 1.71. The number of carbonyl (C=O) groups excluding carboxylic acids is 1. The van der Waals surface area contributed by atoms with Crippen molar-refractivity contribution in [2.24, 2.45) is 5.18 Å². The summed E-state index contributed by atoms with van der Waals surface area (Å²) in [5.41, 5.74) is 0.950. The molecule has 0 aromatic heterocycles. The minimum Gasteiger partial charge on any atom is -0.445 e. The standard InChI is InChI=1S/C13H16N2O3/c16-13(14-11-6-7-12(8-11)15-17)18-9-10-4-2-1-3-5-10/h1-5,11-12H,6-9H2,(H,14,16)/t11-,12+/m0/s1. The van der Waals surface area contributed by atoms with E-state index in [4.69, 9.17) is 4.74 Å². The first-order valence-electron chi connectivity index (χ1n) is 6.07. The Morgan fingerprint density at radius 1 is 1.33 bits per heavy atom. The molecule has 1 aromatic rings. The smallest absolute Gasteiger partial charge is 0.407 e. The van der Waals surface area contributed by atoms with Gasteiger partial charge in [-0.15, -0.1) is 0 Å². The first kappa shape index (κ1) is 12.5. The zero-order chi connectivity index (χ0) is 12.8. The molecule has 2 atom stereocenters. The van der Waals surface area contributed by atoms with Crippen LogP contribution in [0.25, 0.3) is 0 Å². The Morgan fingerprint density at radius 2 is 2.11 bits per heavy atom. The fourth-order valence-electron chi connectivity index (χ4n) is 2.12. The maximum atomic E-state index is 11.5. The highest BCUT2D eigenvalue weighted by atomic mass is 16.5. The summed E-state index contributed by atoms with van der Waals surface area (Å²) in [5.74, 6) is 0. The van der Waals surface area contributed by atoms with Crippen molar-refractivity contribution in [3.63, 3.8) is 0 Å². The van der Waals surface area contributed by atoms with Gasteiger partial charge in [0.25, 0.3) is 0 Å². The number of benzene rings is 1. The Kier molecular flexibility index (Phi) is 4.28. The van der Waals surface area contributed by atoms with E-state index in [2.05, 4.69) is 10.5 Å². The molecule has 1 amide bonds. The third kappa shape index (κ3) is 3.55. The van der Waals surface area contributed by atoms with Gasteiger partial charge in [0.05, 0.1) is 6.04 Å². The number of rotatable bonds is 4. The maximum Gasteiger partial charge on any atom is 0.407 e. The number of nitrogens with one attached hydrogen (secondary N) is 1. The minimum absolute atomic E-state index is 0.0102. The van der Waals surface area contributed by atoms with Crippen molar-refractivity contribution in [1.82, 2.24) is 5.32 Å². The van der Waals surface area contributed by atoms with Gasteiger partial charge in [-0.2, -0.15) is 4.91 Å². The van der Waals surface area contributed by atoms with Gasteiger partial charge in [-0.1, -0.05) is 35.5 Å². The zero-order valence-corrected chi connectivity index (χ0v) is 10.0. The van der Waals surface area contributed by atoms with Crippen molar-refractivity contribution in [2.75, 3.05) is 0 Å². The van der Waals surface area contributed by atoms with Crippen LogP contribution in [0.3, 0.4) is 0 Å². The lowest BCUT2D eigenvalue weighted by Gasteiger charge is -2.12. The molecule has 1 aromatic carbocycles. The van der Waals surface area contributed by atoms with E-state index in [0.29, 0.717) is 6.42 Å². The predicted octanol–water partition coefficient (Wildman–Crippen LogP) is 2.60. The highest BCUT2D eigenvalue weighted by Crippen LogP contribution is 2.21. The molecule has 2 rings (SSSR count). The maximum absolute atomic E-state index is 11.5. The van der Waals surface area contributed by atoms with Gasteiger partial charge >= 0.3 is 6.09 Å². The van der Waals surface area contributed by atoms with Crippen LogP contribution < -0.4 is 5.32 Å². The van der Waals surface area contributed by atoms with Crippen molar-refractivity contribution in [3.05, 3.63) is 40.8 Å². The van der Waals surface area contributed by atoms with E-state index < -0.39 is 6.09 Å². The van der Waals surface area contributed by atoms with E-state index in [1.54, 1.807) is 0 Å². The van der Waals surface area contributed by atoms with Crippen LogP contribution in [0.1, 0.15) is 24.8 Å². The van der Waals surface area contributed by atoms with E-state index in [9.17, 15) is 9.70 Å². The monoisotopic (exact) mass is 248 g/mol. The quantitative estimate of drug-likeness (QED) is 0.833. The van der Waals surface area contributed by atoms with E-state index >= 15 is 0 Å². The highest BCUT2D eigenvalue weighted by Gasteiger charge is 2.26. The van der Waals surface area contributed by atoms with Crippen LogP contribution in [-0.2, 0) is 11.3 Å². The fourth-order valence-corrected chi connectivity index (χ4v) is 2.12. The summed E-state index contributed by atoms with van der Waals surface area (Å²) in [5, 5.41) is 5.75. The van der Waals surface area contributed by atoms with Gasteiger partial charge in [0, 0.05) is 6.04 Å². The number of alkyl carbamates (subject to hydrolysis) is 1. The van der Waals surface area contributed by atoms with Crippen LogP contribution >= 0.6 is 0 Å². The lowest BCUT2D eigenvalue weighted by atomic mass is 10.2. The Labute approximate surface area is 105 Å². The summed E-state index contributed by atoms with van der Waals surface area (Å²) in [6, 6.07) is 9.35. The van der Waals surface area contributed by atoms with Gasteiger partial charge in [-0.25, -0.2) is 4.79 Å². The number of nitroso groups, excluding NO2 is 1. The zero-order valence-electron chi connectivity index (χ0n) is 10.0. The summed E-state index contributed by atoms with van der Waals surface area (Å²) >= 11 is 0. The third-order valence-electron chi connectivity index (χ3n) is 3.09. The van der Waals surface area contributed by atoms with Crippen LogP contribution in [0.5, 0.6) is 0 Å². The Morgan fingerprint density at radius 3 is 2.78 bits per heavy atom. The van der Waals surface area contributed by atoms with E-state index in [0.717, 1.165) is 18.4 Å². The molecule has 0 bridgehead atoms. The van der Waals surface area contributed by atoms with Gasteiger partial charge in [-0.05, 0) is 24.8 Å². The molecule has 96 valence electrons. The summed E-state index contributed by atoms with van der Waals surface area (Å²) in [6.07, 6.45) is 1.71. The molecular weight excluding hydrogens is 232 g/mol. The molecule has 1 N–H and O–H groups in total. The Hall–Kier alpha value is -1.91. The minimum atomic E-state index is -0.435. The molecule has 0 unspecified atom stereocenters. The number of amides is 1. The van der Waals surface area contributed by atoms with Crippen molar-refractivity contribution in [2.45, 2.75) is 38.0 Å². The van der Waals surface area contributed by atoms with Crippen LogP contribution in [0.2, 0.25) is 0 Å². The van der Waals surface area contributed by atoms with Crippen molar-refractivity contribution in [3.8, 4) is 0 Å². The molecule has 1 saturated carbocycles. The molecular formula is C13H16N2O3. The van der Waals surface area contributed by atoms with Gasteiger partial charge in [0.1, 0.15) is 6.61 Å². The molecule has 0 heterocycles. The van der Waals surface area contributed by atoms with Gasteiger partial charge in [0.15, 0.2) is 0 Å². The third-order valence-corrected chi connectivity index (χ3v) is 3.09. The van der Waals surface area contributed by atoms with Crippen LogP contribution in [-0.4, -0.2) is 18.2 Å². The second-order valence-corrected chi connectivity index (χ2v) is 4.48. The summed E-state index contributed by atoms with van der Waals surface area (Å²) in [6.45, 7) is 0.259. The fraction of sp³-hybridized carbons (Fsp3) is 0.462. The summed E-state index contributed by atoms with van der Waals surface area (Å²) in [7, 11) is 0. The molecule has 1 aliphatic rings. The number of hydrogen-bond acceptors (Lipinski definition) is 4. The first-order chi connectivity index (χ1) is 8.78. The van der Waals surface area contributed by atoms with E-state index in [1.165, 1.54) is 0 Å². The van der Waals surface area contributed by atoms with E-state index in [1.807, 2.05) is 30.3 Å². The summed E-state index contributed by atoms with van der Waals surface area (Å²) in [4.78, 5) is 21.9. The molecule has 5 heteroatoms. The summed E-state index contributed by atoms with van der Waals surface area (Å²) < 4.78 is 5.10. The molecule has 1 aliphatic carbocycles. The van der Waals surface area contributed by atoms with Crippen molar-refractivity contribution in [1.29, 1.82) is 0 Å². The average Bonchev–Trinajstić information content (AvgIpc) is 2.85. The largest absolute Gasteiger partial charge is 0.445 e. The predicted molar refractivity (Wildman–Crippen MR) is 67.0 cm³/mol.